The number of hydrogen-bond donors (Lipinski definition) is 3. The molecule has 0 fully saturated rings. The largest absolute Gasteiger partial charge is 0.370 e. The van der Waals surface area contributed by atoms with E-state index in [-0.39, 0.29) is 0 Å². The van der Waals surface area contributed by atoms with Gasteiger partial charge in [0.1, 0.15) is 0 Å². The molecule has 0 amide bonds. The van der Waals surface area contributed by atoms with Crippen LogP contribution in [0.4, 0.5) is 0 Å². The Kier molecular flexibility index (Phi) is 2.07. The lowest BCUT2D eigenvalue weighted by atomic mass is 10.00. The van der Waals surface area contributed by atoms with Crippen molar-refractivity contribution in [1.82, 2.24) is 20.9 Å². The van der Waals surface area contributed by atoms with E-state index < -0.39 is 0 Å². The van der Waals surface area contributed by atoms with Gasteiger partial charge in [0.05, 0.1) is 18.4 Å². The second kappa shape index (κ2) is 3.55. The summed E-state index contributed by atoms with van der Waals surface area (Å²) in [5.41, 5.74) is 3.93. The zero-order valence-electron chi connectivity index (χ0n) is 8.46. The molecule has 1 aromatic rings. The second-order valence-corrected chi connectivity index (χ2v) is 3.84. The van der Waals surface area contributed by atoms with E-state index in [0.29, 0.717) is 6.04 Å². The summed E-state index contributed by atoms with van der Waals surface area (Å²) >= 11 is 0. The smallest absolute Gasteiger partial charge is 0.0846 e. The molecule has 0 bridgehead atoms. The van der Waals surface area contributed by atoms with Crippen molar-refractivity contribution < 1.29 is 0 Å². The number of nitrogens with one attached hydrogen (secondary N) is 3. The highest BCUT2D eigenvalue weighted by Crippen LogP contribution is 2.27. The minimum absolute atomic E-state index is 0.298. The zero-order valence-corrected chi connectivity index (χ0v) is 8.46. The van der Waals surface area contributed by atoms with Gasteiger partial charge in [0.15, 0.2) is 0 Å². The average molecular weight is 202 g/mol. The van der Waals surface area contributed by atoms with Crippen LogP contribution in [-0.4, -0.2) is 18.2 Å². The fraction of sp³-hybridized carbons (Fsp3) is 0.364. The van der Waals surface area contributed by atoms with Crippen LogP contribution in [-0.2, 0) is 0 Å². The van der Waals surface area contributed by atoms with Crippen molar-refractivity contribution in [2.45, 2.75) is 12.5 Å². The predicted molar refractivity (Wildman–Crippen MR) is 57.8 cm³/mol. The topological polar surface area (TPSA) is 49.0 Å². The van der Waals surface area contributed by atoms with Gasteiger partial charge in [-0.1, -0.05) is 0 Å². The van der Waals surface area contributed by atoms with Crippen LogP contribution in [0, 0.1) is 0 Å². The number of nitrogens with zero attached hydrogens (tertiary/aromatic N) is 1. The summed E-state index contributed by atoms with van der Waals surface area (Å²) in [5, 5.41) is 10.3. The van der Waals surface area contributed by atoms with Gasteiger partial charge in [-0.2, -0.15) is 0 Å². The van der Waals surface area contributed by atoms with Gasteiger partial charge >= 0.3 is 0 Å². The van der Waals surface area contributed by atoms with E-state index in [1.165, 1.54) is 17.0 Å². The maximum absolute atomic E-state index is 4.05. The van der Waals surface area contributed by atoms with E-state index in [9.17, 15) is 0 Å². The summed E-state index contributed by atoms with van der Waals surface area (Å²) in [7, 11) is 0. The Labute approximate surface area is 88.8 Å². The molecule has 2 aliphatic rings. The van der Waals surface area contributed by atoms with E-state index >= 15 is 0 Å². The highest BCUT2D eigenvalue weighted by atomic mass is 15.2. The van der Waals surface area contributed by atoms with Gasteiger partial charge in [-0.25, -0.2) is 0 Å². The summed E-state index contributed by atoms with van der Waals surface area (Å²) < 4.78 is 0. The van der Waals surface area contributed by atoms with Crippen molar-refractivity contribution in [1.29, 1.82) is 0 Å². The molecule has 3 N–H and O–H groups in total. The molecule has 0 aromatic carbocycles. The molecule has 4 nitrogen and oxygen atoms in total. The molecular weight excluding hydrogens is 188 g/mol. The average Bonchev–Trinajstić information content (AvgIpc) is 2.78. The van der Waals surface area contributed by atoms with Gasteiger partial charge in [-0.15, -0.1) is 0 Å². The van der Waals surface area contributed by atoms with Gasteiger partial charge in [-0.05, 0) is 17.7 Å². The van der Waals surface area contributed by atoms with E-state index in [1.54, 1.807) is 0 Å². The van der Waals surface area contributed by atoms with Crippen LogP contribution in [0.5, 0.6) is 0 Å². The summed E-state index contributed by atoms with van der Waals surface area (Å²) in [6, 6.07) is 4.42. The molecule has 1 atom stereocenters. The maximum Gasteiger partial charge on any atom is 0.0846 e. The Morgan fingerprint density at radius 2 is 2.07 bits per heavy atom. The molecule has 0 saturated carbocycles. The summed E-state index contributed by atoms with van der Waals surface area (Å²) in [6.45, 7) is 1.88. The van der Waals surface area contributed by atoms with Crippen molar-refractivity contribution >= 4 is 0 Å². The minimum Gasteiger partial charge on any atom is -0.370 e. The molecule has 78 valence electrons. The number of aromatic nitrogens is 1. The highest BCUT2D eigenvalue weighted by molar-refractivity contribution is 5.32. The van der Waals surface area contributed by atoms with E-state index in [2.05, 4.69) is 33.1 Å². The quantitative estimate of drug-likeness (QED) is 0.620. The predicted octanol–water partition coefficient (Wildman–Crippen LogP) is 0.478. The Hall–Kier alpha value is -1.55. The first-order chi connectivity index (χ1) is 7.45. The van der Waals surface area contributed by atoms with E-state index in [1.807, 2.05) is 12.4 Å². The number of pyridine rings is 1. The Bertz CT molecular complexity index is 385. The number of rotatable bonds is 1. The van der Waals surface area contributed by atoms with Crippen LogP contribution in [0.2, 0.25) is 0 Å². The molecule has 2 aliphatic heterocycles. The molecule has 3 heterocycles. The lowest BCUT2D eigenvalue weighted by Crippen LogP contribution is -2.32. The summed E-state index contributed by atoms with van der Waals surface area (Å²) in [6.07, 6.45) is 4.77. The first-order valence-electron chi connectivity index (χ1n) is 5.29. The van der Waals surface area contributed by atoms with Gasteiger partial charge in [0, 0.05) is 31.1 Å². The molecule has 4 heteroatoms. The molecule has 0 saturated heterocycles. The standard InChI is InChI=1S/C11H14N4/c1-4-12-5-2-8(1)10-11-9(3-6-13-10)14-7-15-11/h1-2,4-5,10,13-15H,3,6-7H2/t10-/m1/s1. The lowest BCUT2D eigenvalue weighted by molar-refractivity contribution is 0.540. The molecule has 0 aliphatic carbocycles. The lowest BCUT2D eigenvalue weighted by Gasteiger charge is -2.25. The van der Waals surface area contributed by atoms with Crippen molar-refractivity contribution in [3.63, 3.8) is 0 Å². The van der Waals surface area contributed by atoms with Gasteiger partial charge in [0.25, 0.3) is 0 Å². The summed E-state index contributed by atoms with van der Waals surface area (Å²) in [5.74, 6) is 0. The van der Waals surface area contributed by atoms with Crippen LogP contribution < -0.4 is 16.0 Å². The first-order valence-corrected chi connectivity index (χ1v) is 5.29. The van der Waals surface area contributed by atoms with Crippen LogP contribution in [0.15, 0.2) is 35.9 Å². The summed E-state index contributed by atoms with van der Waals surface area (Å²) in [4.78, 5) is 4.05. The highest BCUT2D eigenvalue weighted by Gasteiger charge is 2.26. The van der Waals surface area contributed by atoms with Gasteiger partial charge in [0.2, 0.25) is 0 Å². The second-order valence-electron chi connectivity index (χ2n) is 3.84. The fourth-order valence-electron chi connectivity index (χ4n) is 2.23. The molecule has 15 heavy (non-hydrogen) atoms. The van der Waals surface area contributed by atoms with Crippen molar-refractivity contribution in [3.05, 3.63) is 41.5 Å². The third-order valence-electron chi connectivity index (χ3n) is 2.96. The number of hydrogen-bond acceptors (Lipinski definition) is 4. The molecule has 0 radical (unpaired) electrons. The Morgan fingerprint density at radius 3 is 2.93 bits per heavy atom. The third-order valence-corrected chi connectivity index (χ3v) is 2.96. The monoisotopic (exact) mass is 202 g/mol. The van der Waals surface area contributed by atoms with Crippen LogP contribution >= 0.6 is 0 Å². The first kappa shape index (κ1) is 8.73. The van der Waals surface area contributed by atoms with E-state index in [0.717, 1.165) is 19.6 Å². The normalized spacial score (nSPS) is 24.4. The SMILES string of the molecule is c1cc([C@H]2NCCC3=C2NCN3)ccn1. The molecule has 0 unspecified atom stereocenters. The Morgan fingerprint density at radius 1 is 1.20 bits per heavy atom. The molecule has 1 aromatic heterocycles. The maximum atomic E-state index is 4.05. The van der Waals surface area contributed by atoms with Gasteiger partial charge < -0.3 is 16.0 Å². The zero-order chi connectivity index (χ0) is 10.1. The molecular formula is C11H14N4. The fourth-order valence-corrected chi connectivity index (χ4v) is 2.23. The van der Waals surface area contributed by atoms with E-state index in [4.69, 9.17) is 0 Å². The molecule has 0 spiro atoms. The van der Waals surface area contributed by atoms with Crippen molar-refractivity contribution in [2.75, 3.05) is 13.2 Å². The van der Waals surface area contributed by atoms with Crippen molar-refractivity contribution in [3.8, 4) is 0 Å². The van der Waals surface area contributed by atoms with Gasteiger partial charge in [-0.3, -0.25) is 4.98 Å². The minimum atomic E-state index is 0.298. The third kappa shape index (κ3) is 1.47. The van der Waals surface area contributed by atoms with Crippen LogP contribution in [0.3, 0.4) is 0 Å². The Balaban J connectivity index is 1.96. The molecule has 3 rings (SSSR count). The van der Waals surface area contributed by atoms with Crippen molar-refractivity contribution in [2.24, 2.45) is 0 Å². The van der Waals surface area contributed by atoms with Crippen LogP contribution in [0.25, 0.3) is 0 Å². The van der Waals surface area contributed by atoms with Crippen LogP contribution in [0.1, 0.15) is 18.0 Å².